The number of hydrogen-bond donors (Lipinski definition) is 0. The molecule has 1 aliphatic heterocycles. The van der Waals surface area contributed by atoms with Crippen LogP contribution >= 0.6 is 11.6 Å². The van der Waals surface area contributed by atoms with Crippen LogP contribution in [-0.4, -0.2) is 41.6 Å². The van der Waals surface area contributed by atoms with Gasteiger partial charge in [0.05, 0.1) is 19.3 Å². The largest absolute Gasteiger partial charge is 0.377 e. The molecule has 2 rings (SSSR count). The maximum absolute atomic E-state index is 12.4. The Balaban J connectivity index is 2.24. The van der Waals surface area contributed by atoms with Gasteiger partial charge in [-0.1, -0.05) is 18.5 Å². The summed E-state index contributed by atoms with van der Waals surface area (Å²) in [6.45, 7) is 5.78. The number of halogens is 1. The van der Waals surface area contributed by atoms with Crippen molar-refractivity contribution in [3.05, 3.63) is 28.5 Å². The molecule has 1 aromatic heterocycles. The van der Waals surface area contributed by atoms with Gasteiger partial charge in [-0.15, -0.1) is 0 Å². The van der Waals surface area contributed by atoms with E-state index in [1.807, 2.05) is 24.8 Å². The number of carbonyl (C=O) groups is 1. The van der Waals surface area contributed by atoms with E-state index < -0.39 is 0 Å². The summed E-state index contributed by atoms with van der Waals surface area (Å²) in [4.78, 5) is 18.4. The number of aryl methyl sites for hydroxylation is 1. The van der Waals surface area contributed by atoms with Gasteiger partial charge in [0.15, 0.2) is 0 Å². The Hall–Kier alpha value is -1.13. The van der Waals surface area contributed by atoms with Crippen LogP contribution < -0.4 is 0 Å². The Kier molecular flexibility index (Phi) is 4.19. The first-order chi connectivity index (χ1) is 8.61. The minimum absolute atomic E-state index is 0.00444. The first kappa shape index (κ1) is 13.3. The molecule has 5 heteroatoms. The van der Waals surface area contributed by atoms with Gasteiger partial charge in [-0.05, 0) is 25.5 Å². The zero-order valence-electron chi connectivity index (χ0n) is 10.6. The van der Waals surface area contributed by atoms with Gasteiger partial charge in [0.1, 0.15) is 5.15 Å². The van der Waals surface area contributed by atoms with Gasteiger partial charge in [-0.2, -0.15) is 0 Å². The molecular formula is C13H17ClN2O2. The second-order valence-corrected chi connectivity index (χ2v) is 4.83. The Morgan fingerprint density at radius 1 is 1.61 bits per heavy atom. The average molecular weight is 269 g/mol. The molecule has 0 aromatic carbocycles. The summed E-state index contributed by atoms with van der Waals surface area (Å²) in [6.07, 6.45) is 0.763. The number of nitrogens with zero attached hydrogens (tertiary/aromatic N) is 2. The maximum atomic E-state index is 12.4. The van der Waals surface area contributed by atoms with E-state index in [9.17, 15) is 4.79 Å². The fourth-order valence-corrected chi connectivity index (χ4v) is 2.28. The number of carbonyl (C=O) groups excluding carboxylic acids is 1. The molecule has 1 atom stereocenters. The van der Waals surface area contributed by atoms with Gasteiger partial charge >= 0.3 is 0 Å². The zero-order chi connectivity index (χ0) is 13.1. The van der Waals surface area contributed by atoms with Crippen molar-refractivity contribution in [2.45, 2.75) is 26.3 Å². The number of pyridine rings is 1. The topological polar surface area (TPSA) is 42.4 Å². The molecule has 4 nitrogen and oxygen atoms in total. The third-order valence-electron chi connectivity index (χ3n) is 3.08. The highest BCUT2D eigenvalue weighted by Gasteiger charge is 2.25. The van der Waals surface area contributed by atoms with Gasteiger partial charge in [-0.3, -0.25) is 4.79 Å². The van der Waals surface area contributed by atoms with Crippen LogP contribution in [0.1, 0.15) is 29.9 Å². The van der Waals surface area contributed by atoms with E-state index in [1.165, 1.54) is 0 Å². The third kappa shape index (κ3) is 2.82. The maximum Gasteiger partial charge on any atom is 0.254 e. The van der Waals surface area contributed by atoms with Crippen molar-refractivity contribution in [3.8, 4) is 0 Å². The summed E-state index contributed by atoms with van der Waals surface area (Å²) in [5.74, 6) is 0.00444. The van der Waals surface area contributed by atoms with Crippen LogP contribution in [0.25, 0.3) is 0 Å². The SMILES string of the molecule is CCc1cc(C(=O)N2CCOC[C@H]2C)cc(Cl)n1. The summed E-state index contributed by atoms with van der Waals surface area (Å²) in [5.41, 5.74) is 1.45. The van der Waals surface area contributed by atoms with Crippen molar-refractivity contribution >= 4 is 17.5 Å². The molecule has 0 N–H and O–H groups in total. The van der Waals surface area contributed by atoms with Crippen molar-refractivity contribution in [1.82, 2.24) is 9.88 Å². The number of aromatic nitrogens is 1. The van der Waals surface area contributed by atoms with Crippen LogP contribution in [0, 0.1) is 0 Å². The second kappa shape index (κ2) is 5.67. The van der Waals surface area contributed by atoms with E-state index in [0.717, 1.165) is 12.1 Å². The van der Waals surface area contributed by atoms with Crippen LogP contribution in [0.4, 0.5) is 0 Å². The summed E-state index contributed by atoms with van der Waals surface area (Å²) in [7, 11) is 0. The van der Waals surface area contributed by atoms with Gasteiger partial charge in [0, 0.05) is 17.8 Å². The molecule has 2 heterocycles. The predicted octanol–water partition coefficient (Wildman–Crippen LogP) is 2.16. The Labute approximate surface area is 112 Å². The highest BCUT2D eigenvalue weighted by molar-refractivity contribution is 6.29. The molecule has 18 heavy (non-hydrogen) atoms. The molecule has 0 unspecified atom stereocenters. The van der Waals surface area contributed by atoms with Crippen molar-refractivity contribution in [2.75, 3.05) is 19.8 Å². The van der Waals surface area contributed by atoms with Crippen LogP contribution in [-0.2, 0) is 11.2 Å². The van der Waals surface area contributed by atoms with Crippen LogP contribution in [0.3, 0.4) is 0 Å². The average Bonchev–Trinajstić information content (AvgIpc) is 2.37. The van der Waals surface area contributed by atoms with Crippen molar-refractivity contribution in [3.63, 3.8) is 0 Å². The Bertz CT molecular complexity index is 451. The first-order valence-electron chi connectivity index (χ1n) is 6.17. The van der Waals surface area contributed by atoms with Crippen LogP contribution in [0.15, 0.2) is 12.1 Å². The van der Waals surface area contributed by atoms with Gasteiger partial charge < -0.3 is 9.64 Å². The smallest absolute Gasteiger partial charge is 0.254 e. The molecule has 1 amide bonds. The molecule has 1 fully saturated rings. The van der Waals surface area contributed by atoms with E-state index in [4.69, 9.17) is 16.3 Å². The summed E-state index contributed by atoms with van der Waals surface area (Å²) in [6, 6.07) is 3.55. The standard InChI is InChI=1S/C13H17ClN2O2/c1-3-11-6-10(7-12(14)15-11)13(17)16-4-5-18-8-9(16)2/h6-7,9H,3-5,8H2,1-2H3/t9-/m1/s1. The lowest BCUT2D eigenvalue weighted by Crippen LogP contribution is -2.47. The molecular weight excluding hydrogens is 252 g/mol. The molecule has 0 spiro atoms. The van der Waals surface area contributed by atoms with E-state index in [2.05, 4.69) is 4.98 Å². The first-order valence-corrected chi connectivity index (χ1v) is 6.54. The molecule has 98 valence electrons. The number of amides is 1. The van der Waals surface area contributed by atoms with Gasteiger partial charge in [0.2, 0.25) is 0 Å². The normalized spacial score (nSPS) is 19.9. The Morgan fingerprint density at radius 2 is 2.39 bits per heavy atom. The number of hydrogen-bond acceptors (Lipinski definition) is 3. The number of ether oxygens (including phenoxy) is 1. The molecule has 0 saturated carbocycles. The van der Waals surface area contributed by atoms with Crippen molar-refractivity contribution in [1.29, 1.82) is 0 Å². The summed E-state index contributed by atoms with van der Waals surface area (Å²) in [5, 5.41) is 0.374. The second-order valence-electron chi connectivity index (χ2n) is 4.45. The summed E-state index contributed by atoms with van der Waals surface area (Å²) < 4.78 is 5.33. The molecule has 0 aliphatic carbocycles. The number of rotatable bonds is 2. The fourth-order valence-electron chi connectivity index (χ4n) is 2.05. The van der Waals surface area contributed by atoms with E-state index in [1.54, 1.807) is 6.07 Å². The molecule has 0 radical (unpaired) electrons. The van der Waals surface area contributed by atoms with Gasteiger partial charge in [-0.25, -0.2) is 4.98 Å². The molecule has 1 saturated heterocycles. The highest BCUT2D eigenvalue weighted by atomic mass is 35.5. The quantitative estimate of drug-likeness (QED) is 0.772. The van der Waals surface area contributed by atoms with Crippen molar-refractivity contribution in [2.24, 2.45) is 0 Å². The monoisotopic (exact) mass is 268 g/mol. The van der Waals surface area contributed by atoms with E-state index >= 15 is 0 Å². The molecule has 1 aromatic rings. The lowest BCUT2D eigenvalue weighted by molar-refractivity contribution is 0.00358. The molecule has 1 aliphatic rings. The van der Waals surface area contributed by atoms with Crippen LogP contribution in [0.2, 0.25) is 5.15 Å². The number of morpholine rings is 1. The van der Waals surface area contributed by atoms with E-state index in [-0.39, 0.29) is 11.9 Å². The van der Waals surface area contributed by atoms with Crippen LogP contribution in [0.5, 0.6) is 0 Å². The Morgan fingerprint density at radius 3 is 3.06 bits per heavy atom. The molecule has 0 bridgehead atoms. The lowest BCUT2D eigenvalue weighted by Gasteiger charge is -2.33. The van der Waals surface area contributed by atoms with Crippen molar-refractivity contribution < 1.29 is 9.53 Å². The van der Waals surface area contributed by atoms with E-state index in [0.29, 0.717) is 30.5 Å². The fraction of sp³-hybridized carbons (Fsp3) is 0.538. The lowest BCUT2D eigenvalue weighted by atomic mass is 10.1. The minimum atomic E-state index is 0.00444. The minimum Gasteiger partial charge on any atom is -0.377 e. The highest BCUT2D eigenvalue weighted by Crippen LogP contribution is 2.16. The zero-order valence-corrected chi connectivity index (χ0v) is 11.4. The predicted molar refractivity (Wildman–Crippen MR) is 69.9 cm³/mol. The third-order valence-corrected chi connectivity index (χ3v) is 3.28. The summed E-state index contributed by atoms with van der Waals surface area (Å²) >= 11 is 5.94. The van der Waals surface area contributed by atoms with Gasteiger partial charge in [0.25, 0.3) is 5.91 Å².